The van der Waals surface area contributed by atoms with Crippen molar-refractivity contribution in [2.75, 3.05) is 34.8 Å². The Morgan fingerprint density at radius 3 is 2.41 bits per heavy atom. The van der Waals surface area contributed by atoms with Gasteiger partial charge in [-0.25, -0.2) is 18.4 Å². The molecule has 3 heterocycles. The fraction of sp³-hybridized carbons (Fsp3) is 0.524. The maximum absolute atomic E-state index is 15.2. The molecule has 6 nitrogen and oxygen atoms in total. The zero-order valence-corrected chi connectivity index (χ0v) is 18.1. The normalized spacial score (nSPS) is 21.6. The van der Waals surface area contributed by atoms with Crippen LogP contribution >= 0.6 is 0 Å². The van der Waals surface area contributed by atoms with Crippen molar-refractivity contribution in [3.8, 4) is 0 Å². The first-order valence-corrected chi connectivity index (χ1v) is 12.3. The molecule has 0 saturated carbocycles. The maximum atomic E-state index is 15.2. The van der Waals surface area contributed by atoms with E-state index in [-0.39, 0.29) is 35.1 Å². The minimum absolute atomic E-state index is 0.0431. The van der Waals surface area contributed by atoms with Gasteiger partial charge in [-0.1, -0.05) is 12.1 Å². The number of anilines is 2. The van der Waals surface area contributed by atoms with Gasteiger partial charge >= 0.3 is 6.18 Å². The first-order valence-electron chi connectivity index (χ1n) is 10.5. The van der Waals surface area contributed by atoms with Crippen molar-refractivity contribution in [3.05, 3.63) is 47.5 Å². The van der Waals surface area contributed by atoms with E-state index in [4.69, 9.17) is 0 Å². The summed E-state index contributed by atoms with van der Waals surface area (Å²) in [6, 6.07) is 4.67. The maximum Gasteiger partial charge on any atom is 0.416 e. The van der Waals surface area contributed by atoms with E-state index in [1.54, 1.807) is 4.90 Å². The lowest BCUT2D eigenvalue weighted by Gasteiger charge is -2.27. The molecule has 2 saturated heterocycles. The molecule has 0 spiro atoms. The second kappa shape index (κ2) is 8.84. The number of nitrogens with one attached hydrogen (secondary N) is 1. The molecule has 11 heteroatoms. The number of hydrogen-bond donors (Lipinski definition) is 1. The molecular formula is C21H24F4N4O2S. The first kappa shape index (κ1) is 22.8. The van der Waals surface area contributed by atoms with Crippen LogP contribution in [0.5, 0.6) is 0 Å². The molecular weight excluding hydrogens is 448 g/mol. The molecule has 2 aromatic rings. The van der Waals surface area contributed by atoms with Crippen LogP contribution in [0.4, 0.5) is 29.2 Å². The van der Waals surface area contributed by atoms with Crippen LogP contribution in [0.1, 0.15) is 42.9 Å². The SMILES string of the molecule is O=S1(=O)CCC(CNc2ncnc(N3CCC[C@@H]3c3ccc(C(F)(F)F)cc3)c2F)CC1. The lowest BCUT2D eigenvalue weighted by Crippen LogP contribution is -2.28. The van der Waals surface area contributed by atoms with Crippen LogP contribution in [-0.2, 0) is 16.0 Å². The lowest BCUT2D eigenvalue weighted by atomic mass is 10.0. The van der Waals surface area contributed by atoms with Gasteiger partial charge in [-0.05, 0) is 49.3 Å². The Balaban J connectivity index is 1.48. The molecule has 4 rings (SSSR count). The molecule has 0 bridgehead atoms. The van der Waals surface area contributed by atoms with E-state index in [2.05, 4.69) is 15.3 Å². The van der Waals surface area contributed by atoms with Crippen LogP contribution in [0.3, 0.4) is 0 Å². The van der Waals surface area contributed by atoms with Gasteiger partial charge in [-0.2, -0.15) is 17.6 Å². The highest BCUT2D eigenvalue weighted by Gasteiger charge is 2.33. The lowest BCUT2D eigenvalue weighted by molar-refractivity contribution is -0.137. The number of nitrogens with zero attached hydrogens (tertiary/aromatic N) is 3. The molecule has 1 aromatic heterocycles. The third-order valence-corrected chi connectivity index (χ3v) is 7.87. The van der Waals surface area contributed by atoms with Crippen LogP contribution in [0, 0.1) is 11.7 Å². The van der Waals surface area contributed by atoms with Crippen LogP contribution in [0.15, 0.2) is 30.6 Å². The van der Waals surface area contributed by atoms with Crippen molar-refractivity contribution in [2.24, 2.45) is 5.92 Å². The summed E-state index contributed by atoms with van der Waals surface area (Å²) in [4.78, 5) is 9.86. The summed E-state index contributed by atoms with van der Waals surface area (Å²) in [5.41, 5.74) is -0.0487. The molecule has 32 heavy (non-hydrogen) atoms. The van der Waals surface area contributed by atoms with Crippen LogP contribution < -0.4 is 10.2 Å². The Morgan fingerprint density at radius 1 is 1.06 bits per heavy atom. The highest BCUT2D eigenvalue weighted by Crippen LogP contribution is 2.38. The zero-order valence-electron chi connectivity index (χ0n) is 17.3. The minimum Gasteiger partial charge on any atom is -0.367 e. The van der Waals surface area contributed by atoms with Crippen molar-refractivity contribution in [1.29, 1.82) is 0 Å². The number of rotatable bonds is 5. The molecule has 1 atom stereocenters. The molecule has 1 N–H and O–H groups in total. The fourth-order valence-electron chi connectivity index (χ4n) is 4.33. The van der Waals surface area contributed by atoms with Gasteiger partial charge in [-0.3, -0.25) is 0 Å². The van der Waals surface area contributed by atoms with Gasteiger partial charge < -0.3 is 10.2 Å². The number of alkyl halides is 3. The Bertz CT molecular complexity index is 1050. The van der Waals surface area contributed by atoms with Gasteiger partial charge in [0.1, 0.15) is 16.2 Å². The molecule has 2 aliphatic rings. The van der Waals surface area contributed by atoms with Crippen molar-refractivity contribution >= 4 is 21.5 Å². The summed E-state index contributed by atoms with van der Waals surface area (Å²) in [7, 11) is -2.96. The van der Waals surface area contributed by atoms with Gasteiger partial charge in [0.2, 0.25) is 5.82 Å². The summed E-state index contributed by atoms with van der Waals surface area (Å²) < 4.78 is 77.0. The van der Waals surface area contributed by atoms with Gasteiger partial charge in [0.15, 0.2) is 11.6 Å². The number of halogens is 4. The van der Waals surface area contributed by atoms with E-state index in [1.807, 2.05) is 0 Å². The molecule has 2 fully saturated rings. The number of benzene rings is 1. The number of hydrogen-bond acceptors (Lipinski definition) is 6. The summed E-state index contributed by atoms with van der Waals surface area (Å²) >= 11 is 0. The van der Waals surface area contributed by atoms with Crippen LogP contribution in [0.25, 0.3) is 0 Å². The highest BCUT2D eigenvalue weighted by molar-refractivity contribution is 7.91. The average Bonchev–Trinajstić information content (AvgIpc) is 3.23. The summed E-state index contributed by atoms with van der Waals surface area (Å²) in [6.45, 7) is 0.935. The van der Waals surface area contributed by atoms with E-state index in [0.29, 0.717) is 37.9 Å². The molecule has 0 unspecified atom stereocenters. The van der Waals surface area contributed by atoms with E-state index >= 15 is 4.39 Å². The first-order chi connectivity index (χ1) is 15.1. The Kier molecular flexibility index (Phi) is 6.28. The molecule has 0 amide bonds. The molecule has 2 aliphatic heterocycles. The monoisotopic (exact) mass is 472 g/mol. The van der Waals surface area contributed by atoms with Crippen LogP contribution in [0.2, 0.25) is 0 Å². The topological polar surface area (TPSA) is 75.2 Å². The Hall–Kier alpha value is -2.43. The van der Waals surface area contributed by atoms with Crippen molar-refractivity contribution in [1.82, 2.24) is 9.97 Å². The number of aromatic nitrogens is 2. The van der Waals surface area contributed by atoms with E-state index in [0.717, 1.165) is 18.6 Å². The van der Waals surface area contributed by atoms with Gasteiger partial charge in [0.05, 0.1) is 23.1 Å². The zero-order chi connectivity index (χ0) is 22.9. The van der Waals surface area contributed by atoms with E-state index in [1.165, 1.54) is 18.5 Å². The Labute approximate surface area is 184 Å². The van der Waals surface area contributed by atoms with Crippen molar-refractivity contribution in [2.45, 2.75) is 37.9 Å². The standard InChI is InChI=1S/C21H24F4N4O2S/c22-18-19(26-12-14-7-10-32(30,31)11-8-14)27-13-28-20(18)29-9-1-2-17(29)15-3-5-16(6-4-15)21(23,24)25/h3-6,13-14,17H,1-2,7-12H2,(H,26,27,28)/t17-/m1/s1. The van der Waals surface area contributed by atoms with Crippen molar-refractivity contribution in [3.63, 3.8) is 0 Å². The molecule has 174 valence electrons. The predicted molar refractivity (Wildman–Crippen MR) is 113 cm³/mol. The van der Waals surface area contributed by atoms with Crippen molar-refractivity contribution < 1.29 is 26.0 Å². The molecule has 0 aliphatic carbocycles. The van der Waals surface area contributed by atoms with E-state index < -0.39 is 27.4 Å². The van der Waals surface area contributed by atoms with Gasteiger partial charge in [0.25, 0.3) is 0 Å². The highest BCUT2D eigenvalue weighted by atomic mass is 32.2. The second-order valence-electron chi connectivity index (χ2n) is 8.31. The van der Waals surface area contributed by atoms with Gasteiger partial charge in [0, 0.05) is 13.1 Å². The quantitative estimate of drug-likeness (QED) is 0.657. The minimum atomic E-state index is -4.41. The summed E-state index contributed by atoms with van der Waals surface area (Å²) in [6.07, 6.45) is -0.666. The molecule has 1 aromatic carbocycles. The fourth-order valence-corrected chi connectivity index (χ4v) is 5.92. The Morgan fingerprint density at radius 2 is 1.75 bits per heavy atom. The van der Waals surface area contributed by atoms with Gasteiger partial charge in [-0.15, -0.1) is 0 Å². The molecule has 0 radical (unpaired) electrons. The third kappa shape index (κ3) is 4.97. The van der Waals surface area contributed by atoms with Crippen LogP contribution in [-0.4, -0.2) is 43.0 Å². The third-order valence-electron chi connectivity index (χ3n) is 6.15. The smallest absolute Gasteiger partial charge is 0.367 e. The van der Waals surface area contributed by atoms with E-state index in [9.17, 15) is 21.6 Å². The second-order valence-corrected chi connectivity index (χ2v) is 10.6. The average molecular weight is 473 g/mol. The largest absolute Gasteiger partial charge is 0.416 e. The summed E-state index contributed by atoms with van der Waals surface area (Å²) in [5.74, 6) is -0.0748. The number of sulfone groups is 1. The summed E-state index contributed by atoms with van der Waals surface area (Å²) in [5, 5.41) is 2.98. The predicted octanol–water partition coefficient (Wildman–Crippen LogP) is 4.21.